The predicted molar refractivity (Wildman–Crippen MR) is 91.1 cm³/mol. The van der Waals surface area contributed by atoms with Gasteiger partial charge in [-0.25, -0.2) is 4.90 Å². The molecule has 1 saturated heterocycles. The third-order valence-electron chi connectivity index (χ3n) is 3.48. The SMILES string of the molecule is O=C1CS(=O)C(c2ccc(Cl)cc2)C(=O)N1c1ccc(Cl)cc1. The Labute approximate surface area is 145 Å². The molecule has 7 heteroatoms. The lowest BCUT2D eigenvalue weighted by Gasteiger charge is -2.30. The summed E-state index contributed by atoms with van der Waals surface area (Å²) < 4.78 is 12.3. The second-order valence-electron chi connectivity index (χ2n) is 5.00. The van der Waals surface area contributed by atoms with E-state index in [4.69, 9.17) is 23.2 Å². The number of carbonyl (C=O) groups excluding carboxylic acids is 2. The van der Waals surface area contributed by atoms with Gasteiger partial charge in [-0.2, -0.15) is 0 Å². The smallest absolute Gasteiger partial charge is 0.254 e. The van der Waals surface area contributed by atoms with Gasteiger partial charge in [0.2, 0.25) is 5.91 Å². The van der Waals surface area contributed by atoms with Crippen molar-refractivity contribution in [1.29, 1.82) is 0 Å². The minimum Gasteiger partial charge on any atom is -0.273 e. The molecule has 2 atom stereocenters. The van der Waals surface area contributed by atoms with E-state index in [1.165, 1.54) is 0 Å². The molecule has 4 nitrogen and oxygen atoms in total. The molecule has 2 unspecified atom stereocenters. The Morgan fingerprint density at radius 3 is 2.00 bits per heavy atom. The lowest BCUT2D eigenvalue weighted by Crippen LogP contribution is -2.49. The number of hydrogen-bond donors (Lipinski definition) is 0. The van der Waals surface area contributed by atoms with Crippen molar-refractivity contribution in [2.75, 3.05) is 10.7 Å². The number of anilines is 1. The average Bonchev–Trinajstić information content (AvgIpc) is 2.50. The molecule has 3 rings (SSSR count). The van der Waals surface area contributed by atoms with Crippen LogP contribution in [-0.2, 0) is 20.4 Å². The number of carbonyl (C=O) groups is 2. The second kappa shape index (κ2) is 6.43. The topological polar surface area (TPSA) is 54.5 Å². The van der Waals surface area contributed by atoms with Gasteiger partial charge >= 0.3 is 0 Å². The maximum Gasteiger partial charge on any atom is 0.254 e. The average molecular weight is 368 g/mol. The van der Waals surface area contributed by atoms with Crippen LogP contribution in [0.4, 0.5) is 5.69 Å². The van der Waals surface area contributed by atoms with Gasteiger partial charge in [-0.3, -0.25) is 13.8 Å². The first kappa shape index (κ1) is 16.2. The van der Waals surface area contributed by atoms with Crippen molar-refractivity contribution in [2.24, 2.45) is 0 Å². The highest BCUT2D eigenvalue weighted by atomic mass is 35.5. The largest absolute Gasteiger partial charge is 0.273 e. The molecule has 1 heterocycles. The molecule has 0 bridgehead atoms. The third kappa shape index (κ3) is 3.17. The van der Waals surface area contributed by atoms with Gasteiger partial charge in [0.1, 0.15) is 11.0 Å². The Bertz CT molecular complexity index is 724. The first-order chi connectivity index (χ1) is 11.0. The van der Waals surface area contributed by atoms with Gasteiger partial charge in [0.25, 0.3) is 5.91 Å². The molecule has 0 aliphatic carbocycles. The minimum atomic E-state index is -1.60. The van der Waals surface area contributed by atoms with Crippen molar-refractivity contribution in [3.05, 3.63) is 64.1 Å². The monoisotopic (exact) mass is 367 g/mol. The molecule has 0 N–H and O–H groups in total. The van der Waals surface area contributed by atoms with E-state index in [1.54, 1.807) is 48.5 Å². The van der Waals surface area contributed by atoms with Crippen molar-refractivity contribution in [2.45, 2.75) is 5.25 Å². The molecule has 1 aliphatic heterocycles. The Hall–Kier alpha value is -1.69. The van der Waals surface area contributed by atoms with E-state index in [0.29, 0.717) is 21.3 Å². The number of halogens is 2. The molecule has 1 fully saturated rings. The zero-order chi connectivity index (χ0) is 16.6. The second-order valence-corrected chi connectivity index (χ2v) is 7.39. The number of amides is 2. The minimum absolute atomic E-state index is 0.207. The van der Waals surface area contributed by atoms with E-state index in [1.807, 2.05) is 0 Å². The van der Waals surface area contributed by atoms with E-state index >= 15 is 0 Å². The summed E-state index contributed by atoms with van der Waals surface area (Å²) in [6, 6.07) is 12.9. The summed E-state index contributed by atoms with van der Waals surface area (Å²) in [5.74, 6) is -1.20. The van der Waals surface area contributed by atoms with Crippen LogP contribution in [-0.4, -0.2) is 21.8 Å². The highest BCUT2D eigenvalue weighted by Crippen LogP contribution is 2.31. The molecule has 1 aliphatic rings. The van der Waals surface area contributed by atoms with E-state index in [0.717, 1.165) is 4.90 Å². The highest BCUT2D eigenvalue weighted by molar-refractivity contribution is 7.87. The Morgan fingerprint density at radius 1 is 0.913 bits per heavy atom. The van der Waals surface area contributed by atoms with E-state index < -0.39 is 27.9 Å². The van der Waals surface area contributed by atoms with Gasteiger partial charge in [-0.1, -0.05) is 35.3 Å². The van der Waals surface area contributed by atoms with Crippen LogP contribution in [0.5, 0.6) is 0 Å². The third-order valence-corrected chi connectivity index (χ3v) is 5.52. The fraction of sp³-hybridized carbons (Fsp3) is 0.125. The zero-order valence-electron chi connectivity index (χ0n) is 11.7. The quantitative estimate of drug-likeness (QED) is 0.764. The van der Waals surface area contributed by atoms with Crippen LogP contribution in [0.1, 0.15) is 10.8 Å². The van der Waals surface area contributed by atoms with Gasteiger partial charge in [0, 0.05) is 20.8 Å². The lowest BCUT2D eigenvalue weighted by atomic mass is 10.1. The van der Waals surface area contributed by atoms with Gasteiger partial charge in [0.05, 0.1) is 5.69 Å². The van der Waals surface area contributed by atoms with E-state index in [2.05, 4.69) is 0 Å². The van der Waals surface area contributed by atoms with Crippen molar-refractivity contribution in [3.8, 4) is 0 Å². The predicted octanol–water partition coefficient (Wildman–Crippen LogP) is 3.36. The van der Waals surface area contributed by atoms with Crippen LogP contribution in [0.25, 0.3) is 0 Å². The van der Waals surface area contributed by atoms with Gasteiger partial charge in [-0.15, -0.1) is 0 Å². The molecule has 0 radical (unpaired) electrons. The van der Waals surface area contributed by atoms with Crippen LogP contribution >= 0.6 is 23.2 Å². The summed E-state index contributed by atoms with van der Waals surface area (Å²) in [4.78, 5) is 26.0. The molecule has 23 heavy (non-hydrogen) atoms. The normalized spacial score (nSPS) is 21.6. The van der Waals surface area contributed by atoms with Gasteiger partial charge < -0.3 is 0 Å². The van der Waals surface area contributed by atoms with Crippen molar-refractivity contribution in [1.82, 2.24) is 0 Å². The van der Waals surface area contributed by atoms with E-state index in [-0.39, 0.29) is 5.75 Å². The van der Waals surface area contributed by atoms with Crippen molar-refractivity contribution >= 4 is 51.5 Å². The fourth-order valence-corrected chi connectivity index (χ4v) is 4.00. The zero-order valence-corrected chi connectivity index (χ0v) is 14.1. The van der Waals surface area contributed by atoms with E-state index in [9.17, 15) is 13.8 Å². The summed E-state index contributed by atoms with van der Waals surface area (Å²) in [6.45, 7) is 0. The van der Waals surface area contributed by atoms with Crippen LogP contribution in [0.3, 0.4) is 0 Å². The summed E-state index contributed by atoms with van der Waals surface area (Å²) in [5.41, 5.74) is 0.990. The molecule has 2 aromatic carbocycles. The number of nitrogens with zero attached hydrogens (tertiary/aromatic N) is 1. The molecule has 0 spiro atoms. The van der Waals surface area contributed by atoms with Crippen LogP contribution in [0.2, 0.25) is 10.0 Å². The summed E-state index contributed by atoms with van der Waals surface area (Å²) in [7, 11) is -1.60. The Kier molecular flexibility index (Phi) is 4.53. The Morgan fingerprint density at radius 2 is 1.43 bits per heavy atom. The first-order valence-electron chi connectivity index (χ1n) is 6.72. The van der Waals surface area contributed by atoms with Gasteiger partial charge in [0.15, 0.2) is 0 Å². The molecule has 2 amide bonds. The van der Waals surface area contributed by atoms with Crippen molar-refractivity contribution in [3.63, 3.8) is 0 Å². The first-order valence-corrected chi connectivity index (χ1v) is 8.86. The molecular formula is C16H11Cl2NO3S. The standard InChI is InChI=1S/C16H11Cl2NO3S/c17-11-3-1-10(2-4-11)15-16(21)19(14(20)9-23(15)22)13-7-5-12(18)6-8-13/h1-8,15H,9H2. The number of hydrogen-bond acceptors (Lipinski definition) is 3. The van der Waals surface area contributed by atoms with Crippen LogP contribution in [0, 0.1) is 0 Å². The summed E-state index contributed by atoms with van der Waals surface area (Å²) in [5, 5.41) is 0.137. The molecule has 118 valence electrons. The highest BCUT2D eigenvalue weighted by Gasteiger charge is 2.41. The number of rotatable bonds is 2. The summed E-state index contributed by atoms with van der Waals surface area (Å²) >= 11 is 11.7. The molecule has 2 aromatic rings. The molecule has 0 saturated carbocycles. The van der Waals surface area contributed by atoms with Crippen LogP contribution < -0.4 is 4.90 Å². The maximum absolute atomic E-state index is 12.8. The van der Waals surface area contributed by atoms with Crippen molar-refractivity contribution < 1.29 is 13.8 Å². The fourth-order valence-electron chi connectivity index (χ4n) is 2.42. The number of benzene rings is 2. The lowest BCUT2D eigenvalue weighted by molar-refractivity contribution is -0.125. The molecule has 0 aromatic heterocycles. The molecular weight excluding hydrogens is 357 g/mol. The van der Waals surface area contributed by atoms with Gasteiger partial charge in [-0.05, 0) is 42.0 Å². The van der Waals surface area contributed by atoms with Crippen LogP contribution in [0.15, 0.2) is 48.5 Å². The maximum atomic E-state index is 12.8. The summed E-state index contributed by atoms with van der Waals surface area (Å²) in [6.07, 6.45) is 0. The number of imide groups is 1. The Balaban J connectivity index is 2.00.